The van der Waals surface area contributed by atoms with E-state index in [1.54, 1.807) is 0 Å². The molecule has 0 unspecified atom stereocenters. The van der Waals surface area contributed by atoms with Crippen molar-refractivity contribution in [3.8, 4) is 0 Å². The summed E-state index contributed by atoms with van der Waals surface area (Å²) in [7, 11) is -2.45. The molecule has 0 aromatic heterocycles. The molecule has 0 amide bonds. The Kier molecular flexibility index (Phi) is 11.8. The fourth-order valence-corrected chi connectivity index (χ4v) is 1.22. The molecule has 6 nitrogen and oxygen atoms in total. The van der Waals surface area contributed by atoms with Gasteiger partial charge < -0.3 is 28.7 Å². The second-order valence-electron chi connectivity index (χ2n) is 3.47. The first-order valence-electron chi connectivity index (χ1n) is 5.57. The topological polar surface area (TPSA) is 83.0 Å². The summed E-state index contributed by atoms with van der Waals surface area (Å²) >= 11 is 0. The normalized spacial score (nSPS) is 21.5. The molecule has 0 saturated carbocycles. The van der Waals surface area contributed by atoms with Crippen LogP contribution >= 0.6 is 0 Å². The molecule has 0 aliphatic carbocycles. The molecule has 2 aliphatic rings. The molecular weight excluding hydrogens is 286 g/mol. The van der Waals surface area contributed by atoms with Gasteiger partial charge in [-0.1, -0.05) is 0 Å². The van der Waals surface area contributed by atoms with E-state index < -0.39 is 14.6 Å². The van der Waals surface area contributed by atoms with Gasteiger partial charge in [-0.3, -0.25) is 0 Å². The van der Waals surface area contributed by atoms with Gasteiger partial charge in [-0.15, -0.1) is 0 Å². The van der Waals surface area contributed by atoms with Gasteiger partial charge >= 0.3 is 32.2 Å². The molecule has 2 fully saturated rings. The Labute approximate surface area is 113 Å². The smallest absolute Gasteiger partial charge is 0.832 e. The zero-order valence-corrected chi connectivity index (χ0v) is 11.9. The molecule has 0 spiro atoms. The van der Waals surface area contributed by atoms with Crippen LogP contribution in [0.15, 0.2) is 0 Å². The Morgan fingerprint density at radius 2 is 0.824 bits per heavy atom. The van der Waals surface area contributed by atoms with Crippen LogP contribution in [-0.2, 0) is 18.6 Å². The molecule has 2 radical (unpaired) electrons. The van der Waals surface area contributed by atoms with Crippen LogP contribution in [0.5, 0.6) is 0 Å². The Hall–Kier alpha value is 0.433. The van der Waals surface area contributed by atoms with Crippen molar-refractivity contribution in [1.82, 2.24) is 0 Å². The molecule has 0 aromatic carbocycles. The summed E-state index contributed by atoms with van der Waals surface area (Å²) in [6.07, 6.45) is 3.77. The summed E-state index contributed by atoms with van der Waals surface area (Å²) in [5.74, 6) is 0. The minimum atomic E-state index is -1.22. The first-order chi connectivity index (χ1) is 7.79. The second-order valence-corrected chi connectivity index (χ2v) is 3.47. The summed E-state index contributed by atoms with van der Waals surface area (Å²) in [5.41, 5.74) is 0. The van der Waals surface area contributed by atoms with Gasteiger partial charge in [-0.05, 0) is 25.7 Å². The van der Waals surface area contributed by atoms with Crippen molar-refractivity contribution in [2.24, 2.45) is 0 Å². The third-order valence-corrected chi connectivity index (χ3v) is 2.09. The van der Waals surface area contributed by atoms with Crippen LogP contribution in [-0.4, -0.2) is 58.7 Å². The minimum absolute atomic E-state index is 0. The molecule has 0 N–H and O–H groups in total. The predicted molar refractivity (Wildman–Crippen MR) is 59.5 cm³/mol. The third kappa shape index (κ3) is 10.1. The standard InChI is InChI=1S/2C4H8BO3.Ge/c2*6-5-7-3-1-2-4-8-5;/h2*1-4H2;/q2*-1;+2. The van der Waals surface area contributed by atoms with Crippen molar-refractivity contribution in [3.05, 3.63) is 0 Å². The molecule has 2 aliphatic heterocycles. The van der Waals surface area contributed by atoms with Crippen molar-refractivity contribution in [3.63, 3.8) is 0 Å². The van der Waals surface area contributed by atoms with Crippen LogP contribution in [0.4, 0.5) is 0 Å². The predicted octanol–water partition coefficient (Wildman–Crippen LogP) is -2.06. The molecule has 0 aromatic rings. The molecule has 2 rings (SSSR count). The molecular formula is C8H16B2GeO6. The summed E-state index contributed by atoms with van der Waals surface area (Å²) in [6.45, 7) is 2.20. The minimum Gasteiger partial charge on any atom is -0.832 e. The van der Waals surface area contributed by atoms with Crippen molar-refractivity contribution < 1.29 is 28.7 Å². The van der Waals surface area contributed by atoms with Crippen LogP contribution in [0.1, 0.15) is 25.7 Å². The first-order valence-corrected chi connectivity index (χ1v) is 5.57. The summed E-state index contributed by atoms with van der Waals surface area (Å²) < 4.78 is 18.5. The number of hydrogen-bond donors (Lipinski definition) is 0. The van der Waals surface area contributed by atoms with Gasteiger partial charge in [0.25, 0.3) is 0 Å². The zero-order valence-electron chi connectivity index (χ0n) is 9.76. The SMILES string of the molecule is [Ge+2].[O-]B1OCCCCO1.[O-]B1OCCCCO1. The van der Waals surface area contributed by atoms with E-state index in [0.717, 1.165) is 25.7 Å². The van der Waals surface area contributed by atoms with Crippen LogP contribution in [0.25, 0.3) is 0 Å². The van der Waals surface area contributed by atoms with Crippen molar-refractivity contribution in [2.75, 3.05) is 26.4 Å². The van der Waals surface area contributed by atoms with Gasteiger partial charge in [0.05, 0.1) is 0 Å². The van der Waals surface area contributed by atoms with E-state index >= 15 is 0 Å². The summed E-state index contributed by atoms with van der Waals surface area (Å²) in [6, 6.07) is 0. The number of rotatable bonds is 0. The van der Waals surface area contributed by atoms with Crippen molar-refractivity contribution in [2.45, 2.75) is 25.7 Å². The average molecular weight is 302 g/mol. The molecule has 17 heavy (non-hydrogen) atoms. The zero-order chi connectivity index (χ0) is 11.6. The van der Waals surface area contributed by atoms with Gasteiger partial charge in [0.15, 0.2) is 0 Å². The summed E-state index contributed by atoms with van der Waals surface area (Å²) in [5, 5.41) is 20.6. The van der Waals surface area contributed by atoms with Crippen molar-refractivity contribution in [1.29, 1.82) is 0 Å². The van der Waals surface area contributed by atoms with Crippen LogP contribution < -0.4 is 10.0 Å². The van der Waals surface area contributed by atoms with Gasteiger partial charge in [0.1, 0.15) is 0 Å². The molecule has 2 heterocycles. The maximum Gasteiger partial charge on any atom is 2.00 e. The van der Waals surface area contributed by atoms with Crippen LogP contribution in [0.2, 0.25) is 0 Å². The Morgan fingerprint density at radius 3 is 1.06 bits per heavy atom. The van der Waals surface area contributed by atoms with Crippen molar-refractivity contribution >= 4 is 32.2 Å². The molecule has 94 valence electrons. The van der Waals surface area contributed by atoms with Gasteiger partial charge in [-0.2, -0.15) is 0 Å². The maximum atomic E-state index is 10.3. The Morgan fingerprint density at radius 1 is 0.588 bits per heavy atom. The van der Waals surface area contributed by atoms with E-state index in [0.29, 0.717) is 26.4 Å². The second kappa shape index (κ2) is 11.5. The van der Waals surface area contributed by atoms with E-state index in [-0.39, 0.29) is 17.6 Å². The Bertz CT molecular complexity index is 144. The van der Waals surface area contributed by atoms with E-state index in [2.05, 4.69) is 18.6 Å². The fraction of sp³-hybridized carbons (Fsp3) is 1.00. The average Bonchev–Trinajstić information content (AvgIpc) is 2.64. The number of hydrogen-bond acceptors (Lipinski definition) is 6. The maximum absolute atomic E-state index is 10.3. The van der Waals surface area contributed by atoms with Gasteiger partial charge in [-0.25, -0.2) is 0 Å². The van der Waals surface area contributed by atoms with E-state index in [4.69, 9.17) is 0 Å². The van der Waals surface area contributed by atoms with Crippen LogP contribution in [0, 0.1) is 0 Å². The molecule has 9 heteroatoms. The monoisotopic (exact) mass is 304 g/mol. The molecule has 2 saturated heterocycles. The largest absolute Gasteiger partial charge is 2.00 e. The molecule has 0 atom stereocenters. The quantitative estimate of drug-likeness (QED) is 0.478. The Balaban J connectivity index is 0.000000284. The molecule has 0 bridgehead atoms. The third-order valence-electron chi connectivity index (χ3n) is 2.09. The van der Waals surface area contributed by atoms with Crippen LogP contribution in [0.3, 0.4) is 0 Å². The van der Waals surface area contributed by atoms with Gasteiger partial charge in [0, 0.05) is 26.4 Å². The fourth-order valence-electron chi connectivity index (χ4n) is 1.22. The first kappa shape index (κ1) is 17.4. The van der Waals surface area contributed by atoms with E-state index in [1.807, 2.05) is 0 Å². The van der Waals surface area contributed by atoms with E-state index in [9.17, 15) is 10.0 Å². The summed E-state index contributed by atoms with van der Waals surface area (Å²) in [4.78, 5) is 0. The van der Waals surface area contributed by atoms with Gasteiger partial charge in [0.2, 0.25) is 0 Å². The van der Waals surface area contributed by atoms with E-state index in [1.165, 1.54) is 0 Å².